The molecule has 0 unspecified atom stereocenters. The normalized spacial score (nSPS) is 18.8. The lowest BCUT2D eigenvalue weighted by Gasteiger charge is -2.29. The molecule has 1 aliphatic heterocycles. The summed E-state index contributed by atoms with van der Waals surface area (Å²) in [5.74, 6) is 0. The Bertz CT molecular complexity index is 962. The number of halogens is 2. The molecule has 0 fully saturated rings. The minimum atomic E-state index is -0.345. The summed E-state index contributed by atoms with van der Waals surface area (Å²) >= 11 is 7.05. The lowest BCUT2D eigenvalue weighted by atomic mass is 9.90. The van der Waals surface area contributed by atoms with E-state index in [9.17, 15) is 0 Å². The Labute approximate surface area is 170 Å². The molecule has 0 saturated carbocycles. The SMILES string of the molecule is C[C@@]1(c2ccc(Br)cc2)C=C(c2ccc(Br)cc2)Nc2ccccc2N1. The van der Waals surface area contributed by atoms with Gasteiger partial charge in [-0.25, -0.2) is 0 Å². The summed E-state index contributed by atoms with van der Waals surface area (Å²) in [5.41, 5.74) is 5.25. The molecule has 0 saturated heterocycles. The van der Waals surface area contributed by atoms with Crippen molar-refractivity contribution >= 4 is 48.9 Å². The molecule has 4 heteroatoms. The summed E-state index contributed by atoms with van der Waals surface area (Å²) in [6.45, 7) is 2.21. The average Bonchev–Trinajstić information content (AvgIpc) is 2.79. The highest BCUT2D eigenvalue weighted by atomic mass is 79.9. The third-order valence-electron chi connectivity index (χ3n) is 4.62. The molecule has 1 heterocycles. The van der Waals surface area contributed by atoms with Crippen LogP contribution in [0.3, 0.4) is 0 Å². The van der Waals surface area contributed by atoms with E-state index < -0.39 is 0 Å². The van der Waals surface area contributed by atoms with Gasteiger partial charge in [-0.05, 0) is 60.5 Å². The van der Waals surface area contributed by atoms with Gasteiger partial charge < -0.3 is 10.6 Å². The molecule has 26 heavy (non-hydrogen) atoms. The van der Waals surface area contributed by atoms with Crippen LogP contribution in [0.4, 0.5) is 11.4 Å². The van der Waals surface area contributed by atoms with Gasteiger partial charge in [-0.3, -0.25) is 0 Å². The van der Waals surface area contributed by atoms with E-state index in [-0.39, 0.29) is 5.54 Å². The number of benzene rings is 3. The molecule has 0 bridgehead atoms. The fourth-order valence-electron chi connectivity index (χ4n) is 3.22. The zero-order valence-electron chi connectivity index (χ0n) is 14.3. The van der Waals surface area contributed by atoms with Gasteiger partial charge in [0.05, 0.1) is 16.9 Å². The van der Waals surface area contributed by atoms with Gasteiger partial charge in [0.2, 0.25) is 0 Å². The molecule has 1 atom stereocenters. The molecule has 4 rings (SSSR count). The van der Waals surface area contributed by atoms with Crippen LogP contribution in [0, 0.1) is 0 Å². The molecule has 2 nitrogen and oxygen atoms in total. The Morgan fingerprint density at radius 1 is 0.731 bits per heavy atom. The van der Waals surface area contributed by atoms with Crippen LogP contribution in [0.25, 0.3) is 5.70 Å². The Morgan fingerprint density at radius 3 is 1.96 bits per heavy atom. The molecule has 0 radical (unpaired) electrons. The van der Waals surface area contributed by atoms with Crippen LogP contribution in [-0.2, 0) is 5.54 Å². The van der Waals surface area contributed by atoms with Gasteiger partial charge in [-0.15, -0.1) is 0 Å². The van der Waals surface area contributed by atoms with Gasteiger partial charge in [0, 0.05) is 14.6 Å². The van der Waals surface area contributed by atoms with Crippen molar-refractivity contribution < 1.29 is 0 Å². The first-order valence-corrected chi connectivity index (χ1v) is 10.0. The van der Waals surface area contributed by atoms with Crippen LogP contribution in [0.1, 0.15) is 18.1 Å². The number of nitrogens with one attached hydrogen (secondary N) is 2. The van der Waals surface area contributed by atoms with Crippen molar-refractivity contribution in [2.45, 2.75) is 12.5 Å². The zero-order chi connectivity index (χ0) is 18.1. The summed E-state index contributed by atoms with van der Waals surface area (Å²) in [5, 5.41) is 7.32. The number of rotatable bonds is 2. The van der Waals surface area contributed by atoms with E-state index in [4.69, 9.17) is 0 Å². The van der Waals surface area contributed by atoms with Crippen molar-refractivity contribution in [3.63, 3.8) is 0 Å². The van der Waals surface area contributed by atoms with Crippen molar-refractivity contribution in [2.75, 3.05) is 10.6 Å². The molecule has 0 amide bonds. The summed E-state index contributed by atoms with van der Waals surface area (Å²) in [6.07, 6.45) is 2.26. The number of anilines is 2. The predicted octanol–water partition coefficient (Wildman–Crippen LogP) is 7.01. The predicted molar refractivity (Wildman–Crippen MR) is 117 cm³/mol. The van der Waals surface area contributed by atoms with Gasteiger partial charge >= 0.3 is 0 Å². The van der Waals surface area contributed by atoms with Crippen molar-refractivity contribution in [1.29, 1.82) is 0 Å². The van der Waals surface area contributed by atoms with E-state index in [1.165, 1.54) is 5.56 Å². The summed E-state index contributed by atoms with van der Waals surface area (Å²) in [6, 6.07) is 25.2. The molecule has 3 aromatic rings. The van der Waals surface area contributed by atoms with Crippen molar-refractivity contribution in [3.8, 4) is 0 Å². The van der Waals surface area contributed by atoms with E-state index >= 15 is 0 Å². The summed E-state index contributed by atoms with van der Waals surface area (Å²) in [7, 11) is 0. The van der Waals surface area contributed by atoms with Crippen molar-refractivity contribution in [2.24, 2.45) is 0 Å². The van der Waals surface area contributed by atoms with E-state index in [1.807, 2.05) is 0 Å². The first kappa shape index (κ1) is 17.4. The van der Waals surface area contributed by atoms with Crippen LogP contribution >= 0.6 is 31.9 Å². The number of hydrogen-bond acceptors (Lipinski definition) is 2. The second-order valence-corrected chi connectivity index (χ2v) is 8.40. The minimum absolute atomic E-state index is 0.345. The number of fused-ring (bicyclic) bond motifs is 1. The van der Waals surface area contributed by atoms with Crippen LogP contribution in [0.2, 0.25) is 0 Å². The molecular formula is C22H18Br2N2. The highest BCUT2D eigenvalue weighted by Crippen LogP contribution is 2.38. The van der Waals surface area contributed by atoms with Crippen LogP contribution in [-0.4, -0.2) is 0 Å². The first-order valence-electron chi connectivity index (χ1n) is 8.43. The number of para-hydroxylation sites is 2. The molecule has 1 aliphatic rings. The largest absolute Gasteiger partial charge is 0.371 e. The van der Waals surface area contributed by atoms with Gasteiger partial charge in [0.15, 0.2) is 0 Å². The minimum Gasteiger partial charge on any atom is -0.371 e. The highest BCUT2D eigenvalue weighted by molar-refractivity contribution is 9.10. The fourth-order valence-corrected chi connectivity index (χ4v) is 3.75. The van der Waals surface area contributed by atoms with E-state index in [0.29, 0.717) is 0 Å². The molecule has 0 spiro atoms. The van der Waals surface area contributed by atoms with Gasteiger partial charge in [-0.2, -0.15) is 0 Å². The third kappa shape index (κ3) is 3.44. The lowest BCUT2D eigenvalue weighted by molar-refractivity contribution is 0.693. The lowest BCUT2D eigenvalue weighted by Crippen LogP contribution is -2.29. The molecule has 0 aromatic heterocycles. The highest BCUT2D eigenvalue weighted by Gasteiger charge is 2.28. The number of hydrogen-bond donors (Lipinski definition) is 2. The van der Waals surface area contributed by atoms with Crippen LogP contribution in [0.5, 0.6) is 0 Å². The second-order valence-electron chi connectivity index (χ2n) is 6.57. The van der Waals surface area contributed by atoms with E-state index in [0.717, 1.165) is 31.6 Å². The molecule has 2 N–H and O–H groups in total. The second kappa shape index (κ2) is 6.93. The smallest absolute Gasteiger partial charge is 0.0805 e. The van der Waals surface area contributed by atoms with Gasteiger partial charge in [-0.1, -0.05) is 68.3 Å². The van der Waals surface area contributed by atoms with Gasteiger partial charge in [0.25, 0.3) is 0 Å². The molecular weight excluding hydrogens is 452 g/mol. The standard InChI is InChI=1S/C22H18Br2N2/c1-22(16-8-12-18(24)13-9-16)14-21(15-6-10-17(23)11-7-15)25-19-4-2-3-5-20(19)26-22/h2-14,25-26H,1H3/t22-/m0/s1. The zero-order valence-corrected chi connectivity index (χ0v) is 17.4. The Kier molecular flexibility index (Phi) is 4.63. The summed E-state index contributed by atoms with van der Waals surface area (Å²) < 4.78 is 2.15. The Morgan fingerprint density at radius 2 is 1.31 bits per heavy atom. The maximum atomic E-state index is 3.72. The average molecular weight is 470 g/mol. The Hall–Kier alpha value is -2.04. The Balaban J connectivity index is 1.87. The fraction of sp³-hybridized carbons (Fsp3) is 0.0909. The van der Waals surface area contributed by atoms with Crippen molar-refractivity contribution in [1.82, 2.24) is 0 Å². The quantitative estimate of drug-likeness (QED) is 0.421. The first-order chi connectivity index (χ1) is 12.5. The molecule has 130 valence electrons. The van der Waals surface area contributed by atoms with Crippen LogP contribution < -0.4 is 10.6 Å². The van der Waals surface area contributed by atoms with E-state index in [1.54, 1.807) is 0 Å². The monoisotopic (exact) mass is 468 g/mol. The molecule has 0 aliphatic carbocycles. The topological polar surface area (TPSA) is 24.1 Å². The summed E-state index contributed by atoms with van der Waals surface area (Å²) in [4.78, 5) is 0. The van der Waals surface area contributed by atoms with Crippen LogP contribution in [0.15, 0.2) is 87.8 Å². The molecule has 3 aromatic carbocycles. The maximum absolute atomic E-state index is 3.72. The third-order valence-corrected chi connectivity index (χ3v) is 5.68. The van der Waals surface area contributed by atoms with Gasteiger partial charge in [0.1, 0.15) is 0 Å². The van der Waals surface area contributed by atoms with Crippen molar-refractivity contribution in [3.05, 3.63) is 98.9 Å². The van der Waals surface area contributed by atoms with E-state index in [2.05, 4.69) is 128 Å². The maximum Gasteiger partial charge on any atom is 0.0805 e.